The van der Waals surface area contributed by atoms with E-state index in [-0.39, 0.29) is 34.5 Å². The molecule has 5 rings (SSSR count). The SMILES string of the molecule is Cn1c(NCC(N)Cc2ccccc2)nc(-c2ccncc2)c(N2C(=O)c3ccccc3C2=O)c1=O. The van der Waals surface area contributed by atoms with Crippen molar-refractivity contribution in [1.82, 2.24) is 14.5 Å². The second-order valence-corrected chi connectivity index (χ2v) is 8.55. The molecule has 2 aromatic carbocycles. The van der Waals surface area contributed by atoms with Gasteiger partial charge in [-0.3, -0.25) is 23.9 Å². The highest BCUT2D eigenvalue weighted by molar-refractivity contribution is 6.35. The first-order valence-electron chi connectivity index (χ1n) is 11.5. The molecule has 4 aromatic rings. The van der Waals surface area contributed by atoms with Gasteiger partial charge < -0.3 is 11.1 Å². The number of nitrogens with one attached hydrogen (secondary N) is 1. The number of carbonyl (C=O) groups excluding carboxylic acids is 2. The number of hydrogen-bond acceptors (Lipinski definition) is 7. The van der Waals surface area contributed by atoms with E-state index in [1.807, 2.05) is 30.3 Å². The molecular formula is C27H24N6O3. The Bertz CT molecular complexity index is 1470. The number of anilines is 2. The van der Waals surface area contributed by atoms with Crippen molar-refractivity contribution in [3.63, 3.8) is 0 Å². The third kappa shape index (κ3) is 4.16. The normalized spacial score (nSPS) is 13.6. The second kappa shape index (κ2) is 9.55. The molecule has 0 aliphatic carbocycles. The van der Waals surface area contributed by atoms with Crippen LogP contribution in [-0.4, -0.2) is 38.9 Å². The van der Waals surface area contributed by atoms with Gasteiger partial charge in [0.25, 0.3) is 17.4 Å². The number of nitrogens with two attached hydrogens (primary N) is 1. The number of amides is 2. The molecule has 3 N–H and O–H groups in total. The number of hydrogen-bond donors (Lipinski definition) is 2. The van der Waals surface area contributed by atoms with Crippen LogP contribution in [0.5, 0.6) is 0 Å². The zero-order valence-electron chi connectivity index (χ0n) is 19.6. The van der Waals surface area contributed by atoms with Crippen molar-refractivity contribution in [2.75, 3.05) is 16.8 Å². The smallest absolute Gasteiger partial charge is 0.279 e. The molecule has 0 bridgehead atoms. The van der Waals surface area contributed by atoms with Gasteiger partial charge in [0.2, 0.25) is 5.95 Å². The van der Waals surface area contributed by atoms with Crippen LogP contribution in [0.4, 0.5) is 11.6 Å². The first kappa shape index (κ1) is 23.1. The minimum absolute atomic E-state index is 0.103. The van der Waals surface area contributed by atoms with Crippen molar-refractivity contribution in [2.45, 2.75) is 12.5 Å². The molecule has 36 heavy (non-hydrogen) atoms. The number of pyridine rings is 1. The summed E-state index contributed by atoms with van der Waals surface area (Å²) in [5.74, 6) is -0.846. The molecule has 0 fully saturated rings. The Balaban J connectivity index is 1.53. The van der Waals surface area contributed by atoms with E-state index in [2.05, 4.69) is 15.3 Å². The van der Waals surface area contributed by atoms with Crippen molar-refractivity contribution >= 4 is 23.5 Å². The maximum atomic E-state index is 13.6. The molecule has 1 unspecified atom stereocenters. The van der Waals surface area contributed by atoms with Gasteiger partial charge in [-0.25, -0.2) is 9.88 Å². The molecule has 9 heteroatoms. The first-order chi connectivity index (χ1) is 17.5. The van der Waals surface area contributed by atoms with Crippen molar-refractivity contribution in [3.8, 4) is 11.3 Å². The third-order valence-corrected chi connectivity index (χ3v) is 6.10. The molecular weight excluding hydrogens is 456 g/mol. The lowest BCUT2D eigenvalue weighted by molar-refractivity contribution is 0.0925. The van der Waals surface area contributed by atoms with E-state index in [9.17, 15) is 14.4 Å². The Morgan fingerprint density at radius 3 is 2.14 bits per heavy atom. The number of rotatable bonds is 7. The standard InChI is InChI=1S/C27H24N6O3/c1-32-26(36)23(33-24(34)20-9-5-6-10-21(20)25(33)35)22(18-11-13-29-14-12-18)31-27(32)30-16-19(28)15-17-7-3-2-4-8-17/h2-14,19H,15-16,28H2,1H3,(H,30,31). The van der Waals surface area contributed by atoms with Gasteiger partial charge >= 0.3 is 0 Å². The number of aromatic nitrogens is 3. The fourth-order valence-corrected chi connectivity index (χ4v) is 4.26. The summed E-state index contributed by atoms with van der Waals surface area (Å²) in [6.07, 6.45) is 3.76. The molecule has 3 heterocycles. The van der Waals surface area contributed by atoms with Crippen molar-refractivity contribution in [1.29, 1.82) is 0 Å². The highest BCUT2D eigenvalue weighted by Crippen LogP contribution is 2.33. The topological polar surface area (TPSA) is 123 Å². The van der Waals surface area contributed by atoms with E-state index >= 15 is 0 Å². The van der Waals surface area contributed by atoms with E-state index in [1.165, 1.54) is 4.57 Å². The summed E-state index contributed by atoms with van der Waals surface area (Å²) in [7, 11) is 1.54. The van der Waals surface area contributed by atoms with Gasteiger partial charge in [-0.1, -0.05) is 42.5 Å². The number of nitrogens with zero attached hydrogens (tertiary/aromatic N) is 4. The average molecular weight is 481 g/mol. The molecule has 2 amide bonds. The van der Waals surface area contributed by atoms with Gasteiger partial charge in [0, 0.05) is 37.6 Å². The van der Waals surface area contributed by atoms with Gasteiger partial charge in [0.05, 0.1) is 11.1 Å². The Morgan fingerprint density at radius 1 is 0.889 bits per heavy atom. The maximum absolute atomic E-state index is 13.6. The van der Waals surface area contributed by atoms with Crippen molar-refractivity contribution in [3.05, 3.63) is 106 Å². The number of carbonyl (C=O) groups is 2. The van der Waals surface area contributed by atoms with Gasteiger partial charge in [-0.05, 0) is 36.2 Å². The van der Waals surface area contributed by atoms with Crippen LogP contribution in [0.25, 0.3) is 11.3 Å². The Morgan fingerprint density at radius 2 is 1.50 bits per heavy atom. The van der Waals surface area contributed by atoms with E-state index in [0.717, 1.165) is 10.5 Å². The van der Waals surface area contributed by atoms with Crippen LogP contribution in [0.3, 0.4) is 0 Å². The largest absolute Gasteiger partial charge is 0.354 e. The van der Waals surface area contributed by atoms with Gasteiger partial charge in [-0.2, -0.15) is 0 Å². The van der Waals surface area contributed by atoms with Gasteiger partial charge in [-0.15, -0.1) is 0 Å². The number of imide groups is 1. The third-order valence-electron chi connectivity index (χ3n) is 6.10. The molecule has 2 aromatic heterocycles. The van der Waals surface area contributed by atoms with Crippen LogP contribution in [0.2, 0.25) is 0 Å². The van der Waals surface area contributed by atoms with Crippen LogP contribution >= 0.6 is 0 Å². The van der Waals surface area contributed by atoms with E-state index in [4.69, 9.17) is 5.73 Å². The zero-order chi connectivity index (χ0) is 25.2. The van der Waals surface area contributed by atoms with Crippen molar-refractivity contribution < 1.29 is 9.59 Å². The lowest BCUT2D eigenvalue weighted by Crippen LogP contribution is -2.38. The minimum Gasteiger partial charge on any atom is -0.354 e. The summed E-state index contributed by atoms with van der Waals surface area (Å²) in [5.41, 5.74) is 8.04. The summed E-state index contributed by atoms with van der Waals surface area (Å²) in [6.45, 7) is 0.358. The summed E-state index contributed by atoms with van der Waals surface area (Å²) >= 11 is 0. The lowest BCUT2D eigenvalue weighted by Gasteiger charge is -2.21. The predicted molar refractivity (Wildman–Crippen MR) is 137 cm³/mol. The highest BCUT2D eigenvalue weighted by atomic mass is 16.2. The molecule has 180 valence electrons. The van der Waals surface area contributed by atoms with Crippen LogP contribution in [0.1, 0.15) is 26.3 Å². The van der Waals surface area contributed by atoms with Crippen LogP contribution in [-0.2, 0) is 13.5 Å². The van der Waals surface area contributed by atoms with Crippen molar-refractivity contribution in [2.24, 2.45) is 12.8 Å². The Kier molecular flexibility index (Phi) is 6.14. The lowest BCUT2D eigenvalue weighted by atomic mass is 10.1. The molecule has 1 aliphatic rings. The molecule has 9 nitrogen and oxygen atoms in total. The molecule has 0 saturated heterocycles. The molecule has 1 atom stereocenters. The fraction of sp³-hybridized carbons (Fsp3) is 0.148. The van der Waals surface area contributed by atoms with Crippen LogP contribution in [0, 0.1) is 0 Å². The van der Waals surface area contributed by atoms with E-state index < -0.39 is 17.4 Å². The predicted octanol–water partition coefficient (Wildman–Crippen LogP) is 2.62. The van der Waals surface area contributed by atoms with Crippen LogP contribution < -0.4 is 21.5 Å². The van der Waals surface area contributed by atoms with Crippen LogP contribution in [0.15, 0.2) is 83.9 Å². The van der Waals surface area contributed by atoms with E-state index in [0.29, 0.717) is 18.5 Å². The summed E-state index contributed by atoms with van der Waals surface area (Å²) in [5, 5.41) is 3.16. The molecule has 1 aliphatic heterocycles. The highest BCUT2D eigenvalue weighted by Gasteiger charge is 2.40. The fourth-order valence-electron chi connectivity index (χ4n) is 4.26. The minimum atomic E-state index is -0.560. The summed E-state index contributed by atoms with van der Waals surface area (Å²) in [6, 6.07) is 19.5. The quantitative estimate of drug-likeness (QED) is 0.390. The van der Waals surface area contributed by atoms with Gasteiger partial charge in [0.1, 0.15) is 11.4 Å². The number of benzene rings is 2. The first-order valence-corrected chi connectivity index (χ1v) is 11.5. The summed E-state index contributed by atoms with van der Waals surface area (Å²) in [4.78, 5) is 49.7. The number of fused-ring (bicyclic) bond motifs is 1. The van der Waals surface area contributed by atoms with E-state index in [1.54, 1.807) is 55.8 Å². The molecule has 0 spiro atoms. The molecule has 0 radical (unpaired) electrons. The zero-order valence-corrected chi connectivity index (χ0v) is 19.6. The van der Waals surface area contributed by atoms with Gasteiger partial charge in [0.15, 0.2) is 0 Å². The Labute approximate surface area is 207 Å². The maximum Gasteiger partial charge on any atom is 0.279 e. The Hall–Kier alpha value is -4.63. The molecule has 0 saturated carbocycles. The second-order valence-electron chi connectivity index (χ2n) is 8.55. The summed E-state index contributed by atoms with van der Waals surface area (Å²) < 4.78 is 1.29. The monoisotopic (exact) mass is 480 g/mol. The average Bonchev–Trinajstić information content (AvgIpc) is 3.15.